The molecule has 0 bridgehead atoms. The first-order chi connectivity index (χ1) is 11.3. The standard InChI is InChI=1S/C15H21N5O4/c1-15(2,3)24-14(23)20-10(4-5-12(20)21)13(22)18-6-7-19-9-16-17-11(19)8-18/h9-10H,4-8H2,1-3H3/t10-/m0/s1. The van der Waals surface area contributed by atoms with E-state index in [1.807, 2.05) is 4.57 Å². The number of aromatic nitrogens is 3. The van der Waals surface area contributed by atoms with Crippen LogP contribution in [0.5, 0.6) is 0 Å². The van der Waals surface area contributed by atoms with Gasteiger partial charge in [0.15, 0.2) is 5.82 Å². The van der Waals surface area contributed by atoms with Gasteiger partial charge in [0.2, 0.25) is 11.8 Å². The van der Waals surface area contributed by atoms with Gasteiger partial charge in [0, 0.05) is 19.5 Å². The zero-order valence-corrected chi connectivity index (χ0v) is 14.1. The summed E-state index contributed by atoms with van der Waals surface area (Å²) in [6.07, 6.45) is 1.35. The summed E-state index contributed by atoms with van der Waals surface area (Å²) in [5.41, 5.74) is -0.727. The summed E-state index contributed by atoms with van der Waals surface area (Å²) >= 11 is 0. The maximum atomic E-state index is 12.8. The molecule has 3 heterocycles. The lowest BCUT2D eigenvalue weighted by Gasteiger charge is -2.32. The highest BCUT2D eigenvalue weighted by Gasteiger charge is 2.44. The van der Waals surface area contributed by atoms with Crippen LogP contribution in [0.3, 0.4) is 0 Å². The van der Waals surface area contributed by atoms with E-state index in [9.17, 15) is 14.4 Å². The van der Waals surface area contributed by atoms with Crippen molar-refractivity contribution < 1.29 is 19.1 Å². The number of carbonyl (C=O) groups is 3. The van der Waals surface area contributed by atoms with Crippen molar-refractivity contribution in [3.63, 3.8) is 0 Å². The largest absolute Gasteiger partial charge is 0.443 e. The second-order valence-corrected chi connectivity index (χ2v) is 7.00. The van der Waals surface area contributed by atoms with E-state index >= 15 is 0 Å². The van der Waals surface area contributed by atoms with Gasteiger partial charge in [0.05, 0.1) is 6.54 Å². The van der Waals surface area contributed by atoms with E-state index in [1.165, 1.54) is 0 Å². The van der Waals surface area contributed by atoms with Crippen molar-refractivity contribution in [3.8, 4) is 0 Å². The van der Waals surface area contributed by atoms with Gasteiger partial charge in [-0.3, -0.25) is 9.59 Å². The maximum absolute atomic E-state index is 12.8. The van der Waals surface area contributed by atoms with Crippen LogP contribution in [0, 0.1) is 0 Å². The number of hydrogen-bond donors (Lipinski definition) is 0. The predicted octanol–water partition coefficient (Wildman–Crippen LogP) is 0.546. The molecule has 3 rings (SSSR count). The number of nitrogens with zero attached hydrogens (tertiary/aromatic N) is 5. The summed E-state index contributed by atoms with van der Waals surface area (Å²) in [7, 11) is 0. The molecule has 0 N–H and O–H groups in total. The first kappa shape index (κ1) is 16.4. The molecule has 24 heavy (non-hydrogen) atoms. The average Bonchev–Trinajstić information content (AvgIpc) is 3.09. The quantitative estimate of drug-likeness (QED) is 0.743. The number of fused-ring (bicyclic) bond motifs is 1. The average molecular weight is 335 g/mol. The summed E-state index contributed by atoms with van der Waals surface area (Å²) in [4.78, 5) is 39.8. The molecule has 1 aromatic heterocycles. The molecule has 2 aliphatic heterocycles. The molecule has 0 saturated carbocycles. The highest BCUT2D eigenvalue weighted by molar-refractivity contribution is 6.00. The van der Waals surface area contributed by atoms with Gasteiger partial charge in [-0.05, 0) is 27.2 Å². The number of rotatable bonds is 1. The van der Waals surface area contributed by atoms with Crippen molar-refractivity contribution in [2.75, 3.05) is 6.54 Å². The molecule has 1 saturated heterocycles. The van der Waals surface area contributed by atoms with E-state index in [0.717, 1.165) is 4.90 Å². The minimum atomic E-state index is -0.804. The number of hydrogen-bond acceptors (Lipinski definition) is 6. The fourth-order valence-corrected chi connectivity index (χ4v) is 2.92. The van der Waals surface area contributed by atoms with Gasteiger partial charge in [-0.15, -0.1) is 10.2 Å². The molecule has 9 heteroatoms. The predicted molar refractivity (Wildman–Crippen MR) is 81.5 cm³/mol. The van der Waals surface area contributed by atoms with Crippen LogP contribution in [0.1, 0.15) is 39.4 Å². The van der Waals surface area contributed by atoms with Crippen LogP contribution in [0.25, 0.3) is 0 Å². The Morgan fingerprint density at radius 2 is 2.04 bits per heavy atom. The molecule has 0 radical (unpaired) electrons. The molecule has 130 valence electrons. The number of likely N-dealkylation sites (tertiary alicyclic amines) is 1. The topological polar surface area (TPSA) is 97.6 Å². The Morgan fingerprint density at radius 3 is 2.75 bits per heavy atom. The number of carbonyl (C=O) groups excluding carboxylic acids is 3. The van der Waals surface area contributed by atoms with Gasteiger partial charge >= 0.3 is 6.09 Å². The lowest BCUT2D eigenvalue weighted by atomic mass is 10.1. The third-order valence-corrected chi connectivity index (χ3v) is 4.04. The van der Waals surface area contributed by atoms with Crippen molar-refractivity contribution in [1.29, 1.82) is 0 Å². The van der Waals surface area contributed by atoms with Crippen LogP contribution in [-0.2, 0) is 27.4 Å². The number of imide groups is 1. The Morgan fingerprint density at radius 1 is 1.29 bits per heavy atom. The van der Waals surface area contributed by atoms with Crippen LogP contribution in [0.15, 0.2) is 6.33 Å². The molecule has 0 aliphatic carbocycles. The SMILES string of the molecule is CC(C)(C)OC(=O)N1C(=O)CC[C@H]1C(=O)N1CCn2cnnc2C1. The Balaban J connectivity index is 1.74. The fourth-order valence-electron chi connectivity index (χ4n) is 2.92. The first-order valence-electron chi connectivity index (χ1n) is 7.97. The molecule has 2 aliphatic rings. The molecule has 1 atom stereocenters. The molecule has 3 amide bonds. The first-order valence-corrected chi connectivity index (χ1v) is 7.97. The second kappa shape index (κ2) is 5.88. The highest BCUT2D eigenvalue weighted by Crippen LogP contribution is 2.25. The molecular formula is C15H21N5O4. The minimum absolute atomic E-state index is 0.166. The number of ether oxygens (including phenoxy) is 1. The van der Waals surface area contributed by atoms with Crippen molar-refractivity contribution >= 4 is 17.9 Å². The zero-order chi connectivity index (χ0) is 17.5. The summed E-state index contributed by atoms with van der Waals surface area (Å²) in [5, 5.41) is 7.81. The van der Waals surface area contributed by atoms with Crippen molar-refractivity contribution in [3.05, 3.63) is 12.2 Å². The van der Waals surface area contributed by atoms with Gasteiger partial charge in [-0.2, -0.15) is 0 Å². The molecular weight excluding hydrogens is 314 g/mol. The van der Waals surface area contributed by atoms with Gasteiger partial charge < -0.3 is 14.2 Å². The van der Waals surface area contributed by atoms with Crippen LogP contribution in [-0.4, -0.2) is 60.7 Å². The Labute approximate surface area is 139 Å². The normalized spacial score (nSPS) is 21.0. The van der Waals surface area contributed by atoms with Gasteiger partial charge in [-0.25, -0.2) is 9.69 Å². The summed E-state index contributed by atoms with van der Waals surface area (Å²) in [5.74, 6) is 0.0754. The van der Waals surface area contributed by atoms with E-state index < -0.39 is 17.7 Å². The lowest BCUT2D eigenvalue weighted by molar-refractivity contribution is -0.141. The van der Waals surface area contributed by atoms with Crippen LogP contribution < -0.4 is 0 Å². The molecule has 1 fully saturated rings. The van der Waals surface area contributed by atoms with Crippen molar-refractivity contribution in [2.24, 2.45) is 0 Å². The summed E-state index contributed by atoms with van der Waals surface area (Å²) in [6.45, 7) is 6.59. The van der Waals surface area contributed by atoms with E-state index in [1.54, 1.807) is 32.0 Å². The van der Waals surface area contributed by atoms with Gasteiger partial charge in [0.1, 0.15) is 18.0 Å². The molecule has 9 nitrogen and oxygen atoms in total. The second-order valence-electron chi connectivity index (χ2n) is 7.00. The van der Waals surface area contributed by atoms with Crippen molar-refractivity contribution in [1.82, 2.24) is 24.6 Å². The van der Waals surface area contributed by atoms with Gasteiger partial charge in [-0.1, -0.05) is 0 Å². The number of amides is 3. The van der Waals surface area contributed by atoms with E-state index in [-0.39, 0.29) is 18.2 Å². The molecule has 0 aromatic carbocycles. The smallest absolute Gasteiger partial charge is 0.417 e. The highest BCUT2D eigenvalue weighted by atomic mass is 16.6. The Bertz CT molecular complexity index is 678. The monoisotopic (exact) mass is 335 g/mol. The van der Waals surface area contributed by atoms with E-state index in [2.05, 4.69) is 10.2 Å². The van der Waals surface area contributed by atoms with E-state index in [0.29, 0.717) is 31.9 Å². The molecule has 0 spiro atoms. The van der Waals surface area contributed by atoms with Gasteiger partial charge in [0.25, 0.3) is 0 Å². The fraction of sp³-hybridized carbons (Fsp3) is 0.667. The Hall–Kier alpha value is -2.45. The third kappa shape index (κ3) is 3.10. The minimum Gasteiger partial charge on any atom is -0.443 e. The van der Waals surface area contributed by atoms with Crippen LogP contribution in [0.2, 0.25) is 0 Å². The Kier molecular flexibility index (Phi) is 4.02. The summed E-state index contributed by atoms with van der Waals surface area (Å²) < 4.78 is 7.16. The lowest BCUT2D eigenvalue weighted by Crippen LogP contribution is -2.51. The molecule has 0 unspecified atom stereocenters. The zero-order valence-electron chi connectivity index (χ0n) is 14.1. The summed E-state index contributed by atoms with van der Waals surface area (Å²) in [6, 6.07) is -0.804. The molecule has 1 aromatic rings. The van der Waals surface area contributed by atoms with Crippen LogP contribution in [0.4, 0.5) is 4.79 Å². The third-order valence-electron chi connectivity index (χ3n) is 4.04. The van der Waals surface area contributed by atoms with Crippen LogP contribution >= 0.6 is 0 Å². The van der Waals surface area contributed by atoms with E-state index in [4.69, 9.17) is 4.74 Å². The van der Waals surface area contributed by atoms with Crippen molar-refractivity contribution in [2.45, 2.75) is 58.3 Å². The maximum Gasteiger partial charge on any atom is 0.417 e.